The van der Waals surface area contributed by atoms with Gasteiger partial charge in [0.15, 0.2) is 0 Å². The van der Waals surface area contributed by atoms with Crippen molar-refractivity contribution >= 4 is 11.7 Å². The average Bonchev–Trinajstić information content (AvgIpc) is 2.76. The molecule has 0 aliphatic carbocycles. The first-order chi connectivity index (χ1) is 13.6. The second-order valence-corrected chi connectivity index (χ2v) is 7.45. The van der Waals surface area contributed by atoms with Crippen molar-refractivity contribution < 1.29 is 4.79 Å². The summed E-state index contributed by atoms with van der Waals surface area (Å²) >= 11 is 0. The molecule has 3 rings (SSSR count). The molecule has 1 fully saturated rings. The number of piperidine rings is 1. The summed E-state index contributed by atoms with van der Waals surface area (Å²) in [6, 6.07) is 15.1. The summed E-state index contributed by atoms with van der Waals surface area (Å²) in [5.41, 5.74) is 1.99. The van der Waals surface area contributed by atoms with Crippen LogP contribution in [0, 0.1) is 0 Å². The van der Waals surface area contributed by atoms with Gasteiger partial charge in [-0.25, -0.2) is 4.98 Å². The number of nitrogens with zero attached hydrogens (tertiary/aromatic N) is 3. The molecule has 0 spiro atoms. The lowest BCUT2D eigenvalue weighted by atomic mass is 10.00. The third-order valence-electron chi connectivity index (χ3n) is 5.79. The highest BCUT2D eigenvalue weighted by Crippen LogP contribution is 2.24. The molecule has 1 amide bonds. The zero-order valence-corrected chi connectivity index (χ0v) is 17.3. The molecule has 2 heterocycles. The van der Waals surface area contributed by atoms with Gasteiger partial charge in [0.2, 0.25) is 0 Å². The molecule has 5 nitrogen and oxygen atoms in total. The Morgan fingerprint density at radius 3 is 2.39 bits per heavy atom. The highest BCUT2D eigenvalue weighted by Gasteiger charge is 2.24. The van der Waals surface area contributed by atoms with E-state index in [-0.39, 0.29) is 11.9 Å². The van der Waals surface area contributed by atoms with Gasteiger partial charge in [-0.3, -0.25) is 9.69 Å². The van der Waals surface area contributed by atoms with Crippen LogP contribution in [0.4, 0.5) is 5.82 Å². The molecule has 1 aromatic carbocycles. The van der Waals surface area contributed by atoms with E-state index >= 15 is 0 Å². The number of carbonyl (C=O) groups is 1. The fourth-order valence-corrected chi connectivity index (χ4v) is 3.90. The zero-order chi connectivity index (χ0) is 19.9. The van der Waals surface area contributed by atoms with Crippen LogP contribution in [0.5, 0.6) is 0 Å². The summed E-state index contributed by atoms with van der Waals surface area (Å²) in [5.74, 6) is 0.901. The molecule has 0 bridgehead atoms. The highest BCUT2D eigenvalue weighted by atomic mass is 16.1. The number of carbonyl (C=O) groups excluding carboxylic acids is 1. The number of aromatic nitrogens is 1. The van der Waals surface area contributed by atoms with Gasteiger partial charge in [-0.15, -0.1) is 0 Å². The minimum absolute atomic E-state index is 0.0202. The molecule has 1 aliphatic rings. The van der Waals surface area contributed by atoms with E-state index in [1.807, 2.05) is 12.1 Å². The number of hydrogen-bond acceptors (Lipinski definition) is 4. The van der Waals surface area contributed by atoms with Gasteiger partial charge in [0.1, 0.15) is 5.82 Å². The fourth-order valence-electron chi connectivity index (χ4n) is 3.90. The van der Waals surface area contributed by atoms with E-state index in [4.69, 9.17) is 0 Å². The molecule has 2 aromatic rings. The van der Waals surface area contributed by atoms with Crippen molar-refractivity contribution in [3.05, 3.63) is 59.8 Å². The van der Waals surface area contributed by atoms with Crippen molar-refractivity contribution in [2.24, 2.45) is 0 Å². The maximum Gasteiger partial charge on any atom is 0.253 e. The molecule has 1 N–H and O–H groups in total. The summed E-state index contributed by atoms with van der Waals surface area (Å²) in [6.45, 7) is 10.3. The molecule has 0 radical (unpaired) electrons. The Morgan fingerprint density at radius 1 is 1.14 bits per heavy atom. The van der Waals surface area contributed by atoms with E-state index < -0.39 is 0 Å². The Bertz CT molecular complexity index is 735. The largest absolute Gasteiger partial charge is 0.357 e. The number of likely N-dealkylation sites (tertiary alicyclic amines) is 1. The third kappa shape index (κ3) is 4.90. The van der Waals surface area contributed by atoms with Gasteiger partial charge in [-0.1, -0.05) is 30.3 Å². The normalized spacial score (nSPS) is 16.5. The number of rotatable bonds is 7. The Labute approximate surface area is 168 Å². The third-order valence-corrected chi connectivity index (χ3v) is 5.79. The lowest BCUT2D eigenvalue weighted by Crippen LogP contribution is -2.45. The number of amides is 1. The maximum atomic E-state index is 12.6. The minimum Gasteiger partial charge on any atom is -0.357 e. The first kappa shape index (κ1) is 20.3. The summed E-state index contributed by atoms with van der Waals surface area (Å²) in [5, 5.41) is 3.19. The van der Waals surface area contributed by atoms with Gasteiger partial charge in [0, 0.05) is 44.5 Å². The maximum absolute atomic E-state index is 12.6. The molecule has 1 saturated heterocycles. The minimum atomic E-state index is -0.0202. The van der Waals surface area contributed by atoms with Crippen molar-refractivity contribution in [2.75, 3.05) is 31.1 Å². The molecular formula is C23H32N4O. The second kappa shape index (κ2) is 9.69. The summed E-state index contributed by atoms with van der Waals surface area (Å²) in [7, 11) is 0. The quantitative estimate of drug-likeness (QED) is 0.792. The fraction of sp³-hybridized carbons (Fsp3) is 0.478. The van der Waals surface area contributed by atoms with Gasteiger partial charge in [0.05, 0.1) is 5.56 Å². The van der Waals surface area contributed by atoms with Crippen molar-refractivity contribution in [2.45, 2.75) is 45.7 Å². The van der Waals surface area contributed by atoms with Crippen LogP contribution in [0.2, 0.25) is 0 Å². The summed E-state index contributed by atoms with van der Waals surface area (Å²) in [6.07, 6.45) is 3.65. The highest BCUT2D eigenvalue weighted by molar-refractivity contribution is 5.94. The average molecular weight is 381 g/mol. The Morgan fingerprint density at radius 2 is 1.82 bits per heavy atom. The van der Waals surface area contributed by atoms with Crippen molar-refractivity contribution in [3.63, 3.8) is 0 Å². The van der Waals surface area contributed by atoms with Crippen molar-refractivity contribution in [1.82, 2.24) is 15.2 Å². The van der Waals surface area contributed by atoms with Crippen LogP contribution in [0.3, 0.4) is 0 Å². The van der Waals surface area contributed by atoms with Crippen molar-refractivity contribution in [1.29, 1.82) is 0 Å². The van der Waals surface area contributed by atoms with E-state index in [1.54, 1.807) is 6.20 Å². The van der Waals surface area contributed by atoms with Crippen LogP contribution in [0.1, 0.15) is 55.6 Å². The topological polar surface area (TPSA) is 48.5 Å². The number of hydrogen-bond donors (Lipinski definition) is 1. The van der Waals surface area contributed by atoms with Crippen molar-refractivity contribution in [3.8, 4) is 0 Å². The molecule has 28 heavy (non-hydrogen) atoms. The van der Waals surface area contributed by atoms with Crippen LogP contribution < -0.4 is 10.2 Å². The smallest absolute Gasteiger partial charge is 0.253 e. The molecule has 5 heteroatoms. The first-order valence-corrected chi connectivity index (χ1v) is 10.4. The molecule has 1 aromatic heterocycles. The predicted octanol–water partition coefficient (Wildman–Crippen LogP) is 3.88. The van der Waals surface area contributed by atoms with Gasteiger partial charge in [-0.05, 0) is 51.3 Å². The molecular weight excluding hydrogens is 348 g/mol. The Hall–Kier alpha value is -2.40. The van der Waals surface area contributed by atoms with E-state index in [1.165, 1.54) is 5.56 Å². The van der Waals surface area contributed by atoms with Gasteiger partial charge in [0.25, 0.3) is 5.91 Å². The van der Waals surface area contributed by atoms with Crippen LogP contribution >= 0.6 is 0 Å². The van der Waals surface area contributed by atoms with Crippen LogP contribution in [-0.4, -0.2) is 48.0 Å². The van der Waals surface area contributed by atoms with Gasteiger partial charge < -0.3 is 10.2 Å². The number of pyridine rings is 1. The predicted molar refractivity (Wildman–Crippen MR) is 115 cm³/mol. The standard InChI is InChI=1S/C23H32N4O/c1-4-26(5-2)22-12-11-20(17-24-22)23(28)25-21-13-15-27(16-14-21)18(3)19-9-7-6-8-10-19/h6-12,17-18,21H,4-5,13-16H2,1-3H3,(H,25,28). The summed E-state index contributed by atoms with van der Waals surface area (Å²) in [4.78, 5) is 21.7. The summed E-state index contributed by atoms with van der Waals surface area (Å²) < 4.78 is 0. The monoisotopic (exact) mass is 380 g/mol. The van der Waals surface area contributed by atoms with E-state index in [0.717, 1.165) is 44.8 Å². The van der Waals surface area contributed by atoms with Gasteiger partial charge in [-0.2, -0.15) is 0 Å². The van der Waals surface area contributed by atoms with E-state index in [0.29, 0.717) is 11.6 Å². The molecule has 1 unspecified atom stereocenters. The van der Waals surface area contributed by atoms with Crippen LogP contribution in [0.25, 0.3) is 0 Å². The zero-order valence-electron chi connectivity index (χ0n) is 17.3. The Balaban J connectivity index is 1.51. The first-order valence-electron chi connectivity index (χ1n) is 10.4. The van der Waals surface area contributed by atoms with Crippen LogP contribution in [-0.2, 0) is 0 Å². The molecule has 150 valence electrons. The number of benzene rings is 1. The lowest BCUT2D eigenvalue weighted by molar-refractivity contribution is 0.0895. The number of anilines is 1. The van der Waals surface area contributed by atoms with Crippen LogP contribution in [0.15, 0.2) is 48.7 Å². The van der Waals surface area contributed by atoms with Gasteiger partial charge >= 0.3 is 0 Å². The molecule has 1 aliphatic heterocycles. The number of nitrogens with one attached hydrogen (secondary N) is 1. The van der Waals surface area contributed by atoms with E-state index in [9.17, 15) is 4.79 Å². The lowest BCUT2D eigenvalue weighted by Gasteiger charge is -2.36. The molecule has 1 atom stereocenters. The SMILES string of the molecule is CCN(CC)c1ccc(C(=O)NC2CCN(C(C)c3ccccc3)CC2)cn1. The van der Waals surface area contributed by atoms with E-state index in [2.05, 4.69) is 71.2 Å². The second-order valence-electron chi connectivity index (χ2n) is 7.45. The molecule has 0 saturated carbocycles. The Kier molecular flexibility index (Phi) is 7.04.